The Balaban J connectivity index is 2.21. The highest BCUT2D eigenvalue weighted by atomic mass is 14.9. The summed E-state index contributed by atoms with van der Waals surface area (Å²) in [6.45, 7) is 5.25. The SMILES string of the molecule is CCC(CNC)c1ncc(-c2ccc(C)cc2)[nH]1. The van der Waals surface area contributed by atoms with Crippen LogP contribution in [0.2, 0.25) is 0 Å². The molecular weight excluding hydrogens is 222 g/mol. The predicted molar refractivity (Wildman–Crippen MR) is 75.7 cm³/mol. The van der Waals surface area contributed by atoms with Gasteiger partial charge in [-0.15, -0.1) is 0 Å². The first-order valence-corrected chi connectivity index (χ1v) is 6.51. The Morgan fingerprint density at radius 3 is 2.61 bits per heavy atom. The second kappa shape index (κ2) is 5.83. The van der Waals surface area contributed by atoms with E-state index in [1.54, 1.807) is 0 Å². The Kier molecular flexibility index (Phi) is 4.15. The Morgan fingerprint density at radius 1 is 1.28 bits per heavy atom. The molecule has 0 saturated carbocycles. The zero-order valence-electron chi connectivity index (χ0n) is 11.3. The molecule has 0 amide bonds. The zero-order chi connectivity index (χ0) is 13.0. The minimum Gasteiger partial charge on any atom is -0.342 e. The van der Waals surface area contributed by atoms with Gasteiger partial charge in [0.25, 0.3) is 0 Å². The fraction of sp³-hybridized carbons (Fsp3) is 0.400. The minimum absolute atomic E-state index is 0.453. The van der Waals surface area contributed by atoms with Crippen molar-refractivity contribution in [2.45, 2.75) is 26.2 Å². The molecule has 2 aromatic rings. The predicted octanol–water partition coefficient (Wildman–Crippen LogP) is 3.10. The molecule has 3 nitrogen and oxygen atoms in total. The van der Waals surface area contributed by atoms with E-state index in [2.05, 4.69) is 53.4 Å². The first kappa shape index (κ1) is 12.8. The summed E-state index contributed by atoms with van der Waals surface area (Å²) < 4.78 is 0. The highest BCUT2D eigenvalue weighted by Gasteiger charge is 2.12. The van der Waals surface area contributed by atoms with Crippen molar-refractivity contribution >= 4 is 0 Å². The van der Waals surface area contributed by atoms with Gasteiger partial charge >= 0.3 is 0 Å². The van der Waals surface area contributed by atoms with Gasteiger partial charge in [-0.3, -0.25) is 0 Å². The maximum Gasteiger partial charge on any atom is 0.110 e. The van der Waals surface area contributed by atoms with Crippen LogP contribution in [0.25, 0.3) is 11.3 Å². The second-order valence-electron chi connectivity index (χ2n) is 4.71. The van der Waals surface area contributed by atoms with Crippen molar-refractivity contribution in [3.8, 4) is 11.3 Å². The summed E-state index contributed by atoms with van der Waals surface area (Å²) in [6, 6.07) is 8.51. The van der Waals surface area contributed by atoms with Crippen LogP contribution in [0.4, 0.5) is 0 Å². The van der Waals surface area contributed by atoms with Gasteiger partial charge in [-0.25, -0.2) is 4.98 Å². The number of nitrogens with one attached hydrogen (secondary N) is 2. The summed E-state index contributed by atoms with van der Waals surface area (Å²) in [5.74, 6) is 1.52. The van der Waals surface area contributed by atoms with Crippen LogP contribution in [0.5, 0.6) is 0 Å². The molecule has 0 saturated heterocycles. The van der Waals surface area contributed by atoms with Crippen molar-refractivity contribution in [1.29, 1.82) is 0 Å². The number of hydrogen-bond donors (Lipinski definition) is 2. The number of imidazole rings is 1. The summed E-state index contributed by atoms with van der Waals surface area (Å²) >= 11 is 0. The topological polar surface area (TPSA) is 40.7 Å². The van der Waals surface area contributed by atoms with Crippen molar-refractivity contribution < 1.29 is 0 Å². The molecule has 0 aliphatic rings. The zero-order valence-corrected chi connectivity index (χ0v) is 11.3. The smallest absolute Gasteiger partial charge is 0.110 e. The summed E-state index contributed by atoms with van der Waals surface area (Å²) in [5, 5.41) is 3.21. The van der Waals surface area contributed by atoms with Gasteiger partial charge in [-0.05, 0) is 26.0 Å². The average molecular weight is 243 g/mol. The van der Waals surface area contributed by atoms with E-state index in [0.717, 1.165) is 24.5 Å². The third-order valence-corrected chi connectivity index (χ3v) is 3.29. The van der Waals surface area contributed by atoms with Gasteiger partial charge in [0, 0.05) is 12.5 Å². The minimum atomic E-state index is 0.453. The van der Waals surface area contributed by atoms with Gasteiger partial charge in [0.15, 0.2) is 0 Å². The molecule has 1 unspecified atom stereocenters. The monoisotopic (exact) mass is 243 g/mol. The summed E-state index contributed by atoms with van der Waals surface area (Å²) in [6.07, 6.45) is 3.01. The van der Waals surface area contributed by atoms with Crippen LogP contribution in [-0.4, -0.2) is 23.6 Å². The van der Waals surface area contributed by atoms with Crippen molar-refractivity contribution in [2.24, 2.45) is 0 Å². The molecule has 18 heavy (non-hydrogen) atoms. The fourth-order valence-corrected chi connectivity index (χ4v) is 2.10. The third-order valence-electron chi connectivity index (χ3n) is 3.29. The number of likely N-dealkylation sites (N-methyl/N-ethyl adjacent to an activating group) is 1. The summed E-state index contributed by atoms with van der Waals surface area (Å²) in [7, 11) is 1.98. The van der Waals surface area contributed by atoms with Gasteiger partial charge < -0.3 is 10.3 Å². The van der Waals surface area contributed by atoms with Crippen LogP contribution >= 0.6 is 0 Å². The van der Waals surface area contributed by atoms with E-state index in [9.17, 15) is 0 Å². The van der Waals surface area contributed by atoms with E-state index in [-0.39, 0.29) is 0 Å². The molecule has 3 heteroatoms. The second-order valence-corrected chi connectivity index (χ2v) is 4.71. The molecular formula is C15H21N3. The molecule has 0 aliphatic heterocycles. The van der Waals surface area contributed by atoms with Crippen LogP contribution in [0.15, 0.2) is 30.5 Å². The molecule has 1 heterocycles. The molecule has 0 radical (unpaired) electrons. The standard InChI is InChI=1S/C15H21N3/c1-4-12(9-16-3)15-17-10-14(18-15)13-7-5-11(2)6-8-13/h5-8,10,12,16H,4,9H2,1-3H3,(H,17,18). The number of nitrogens with zero attached hydrogens (tertiary/aromatic N) is 1. The number of benzene rings is 1. The molecule has 1 atom stereocenters. The maximum atomic E-state index is 4.51. The van der Waals surface area contributed by atoms with Crippen LogP contribution in [0.1, 0.15) is 30.7 Å². The van der Waals surface area contributed by atoms with Gasteiger partial charge in [-0.2, -0.15) is 0 Å². The largest absolute Gasteiger partial charge is 0.342 e. The van der Waals surface area contributed by atoms with Gasteiger partial charge in [-0.1, -0.05) is 36.8 Å². The number of aromatic amines is 1. The Bertz CT molecular complexity index is 485. The average Bonchev–Trinajstić information content (AvgIpc) is 2.86. The lowest BCUT2D eigenvalue weighted by atomic mass is 10.1. The molecule has 96 valence electrons. The van der Waals surface area contributed by atoms with E-state index in [4.69, 9.17) is 0 Å². The number of rotatable bonds is 5. The molecule has 1 aromatic heterocycles. The first-order chi connectivity index (χ1) is 8.74. The lowest BCUT2D eigenvalue weighted by molar-refractivity contribution is 0.586. The van der Waals surface area contributed by atoms with Crippen molar-refractivity contribution in [2.75, 3.05) is 13.6 Å². The lowest BCUT2D eigenvalue weighted by Gasteiger charge is -2.10. The Labute approximate surface area is 109 Å². The first-order valence-electron chi connectivity index (χ1n) is 6.51. The van der Waals surface area contributed by atoms with Crippen molar-refractivity contribution in [3.63, 3.8) is 0 Å². The molecule has 0 fully saturated rings. The number of H-pyrrole nitrogens is 1. The molecule has 0 bridgehead atoms. The highest BCUT2D eigenvalue weighted by molar-refractivity contribution is 5.58. The summed E-state index contributed by atoms with van der Waals surface area (Å²) in [4.78, 5) is 7.94. The van der Waals surface area contributed by atoms with E-state index < -0.39 is 0 Å². The lowest BCUT2D eigenvalue weighted by Crippen LogP contribution is -2.17. The van der Waals surface area contributed by atoms with E-state index in [1.165, 1.54) is 11.1 Å². The molecule has 0 aliphatic carbocycles. The quantitative estimate of drug-likeness (QED) is 0.847. The highest BCUT2D eigenvalue weighted by Crippen LogP contribution is 2.21. The third kappa shape index (κ3) is 2.79. The van der Waals surface area contributed by atoms with Gasteiger partial charge in [0.05, 0.1) is 11.9 Å². The molecule has 0 spiro atoms. The number of aromatic nitrogens is 2. The van der Waals surface area contributed by atoms with Crippen LogP contribution < -0.4 is 5.32 Å². The van der Waals surface area contributed by atoms with Crippen LogP contribution in [0.3, 0.4) is 0 Å². The Hall–Kier alpha value is -1.61. The van der Waals surface area contributed by atoms with Gasteiger partial charge in [0.2, 0.25) is 0 Å². The molecule has 1 aromatic carbocycles. The van der Waals surface area contributed by atoms with Crippen LogP contribution in [-0.2, 0) is 0 Å². The maximum absolute atomic E-state index is 4.51. The fourth-order valence-electron chi connectivity index (χ4n) is 2.10. The van der Waals surface area contributed by atoms with E-state index in [0.29, 0.717) is 5.92 Å². The number of aryl methyl sites for hydroxylation is 1. The Morgan fingerprint density at radius 2 is 2.00 bits per heavy atom. The number of hydrogen-bond acceptors (Lipinski definition) is 2. The molecule has 2 rings (SSSR count). The normalized spacial score (nSPS) is 12.6. The van der Waals surface area contributed by atoms with Crippen LogP contribution in [0, 0.1) is 6.92 Å². The summed E-state index contributed by atoms with van der Waals surface area (Å²) in [5.41, 5.74) is 3.57. The molecule has 2 N–H and O–H groups in total. The van der Waals surface area contributed by atoms with Gasteiger partial charge in [0.1, 0.15) is 5.82 Å². The van der Waals surface area contributed by atoms with Crippen molar-refractivity contribution in [3.05, 3.63) is 41.9 Å². The van der Waals surface area contributed by atoms with E-state index >= 15 is 0 Å². The van der Waals surface area contributed by atoms with E-state index in [1.807, 2.05) is 13.2 Å². The van der Waals surface area contributed by atoms with Crippen molar-refractivity contribution in [1.82, 2.24) is 15.3 Å².